The Kier molecular flexibility index (Phi) is 4.20. The number of rotatable bonds is 4. The van der Waals surface area contributed by atoms with Crippen molar-refractivity contribution < 1.29 is 14.6 Å². The molecular weight excluding hydrogens is 256 g/mol. The second-order valence-corrected chi connectivity index (χ2v) is 4.79. The molecule has 1 atom stereocenters. The number of benzene rings is 1. The molecule has 1 amide bonds. The van der Waals surface area contributed by atoms with Gasteiger partial charge >= 0.3 is 0 Å². The molecule has 2 rings (SSSR count). The first kappa shape index (κ1) is 14.3. The van der Waals surface area contributed by atoms with Crippen LogP contribution in [0.2, 0.25) is 0 Å². The van der Waals surface area contributed by atoms with Gasteiger partial charge in [-0.25, -0.2) is 4.98 Å². The Morgan fingerprint density at radius 1 is 1.40 bits per heavy atom. The number of nitrogens with zero attached hydrogens (tertiary/aromatic N) is 2. The van der Waals surface area contributed by atoms with E-state index in [1.165, 1.54) is 4.90 Å². The van der Waals surface area contributed by atoms with Gasteiger partial charge in [0.15, 0.2) is 0 Å². The van der Waals surface area contributed by atoms with E-state index < -0.39 is 6.10 Å². The number of carbonyl (C=O) groups excluding carboxylic acids is 1. The number of hydrogen-bond donors (Lipinski definition) is 1. The monoisotopic (exact) mass is 274 g/mol. The number of fused-ring (bicyclic) bond motifs is 1. The van der Waals surface area contributed by atoms with E-state index in [2.05, 4.69) is 4.98 Å². The fraction of sp³-hybridized carbons (Fsp3) is 0.333. The summed E-state index contributed by atoms with van der Waals surface area (Å²) in [5.74, 6) is 0.549. The van der Waals surface area contributed by atoms with Crippen molar-refractivity contribution in [3.05, 3.63) is 36.0 Å². The van der Waals surface area contributed by atoms with Crippen LogP contribution in [0.15, 0.2) is 30.3 Å². The van der Waals surface area contributed by atoms with Crippen LogP contribution in [-0.4, -0.2) is 47.7 Å². The van der Waals surface area contributed by atoms with Gasteiger partial charge in [0.2, 0.25) is 0 Å². The van der Waals surface area contributed by atoms with Gasteiger partial charge in [-0.05, 0) is 31.2 Å². The third kappa shape index (κ3) is 3.05. The average molecular weight is 274 g/mol. The van der Waals surface area contributed by atoms with Crippen LogP contribution < -0.4 is 4.74 Å². The van der Waals surface area contributed by atoms with Crippen molar-refractivity contribution in [1.82, 2.24) is 9.88 Å². The van der Waals surface area contributed by atoms with Gasteiger partial charge in [0, 0.05) is 19.0 Å². The van der Waals surface area contributed by atoms with Crippen molar-refractivity contribution in [3.8, 4) is 5.75 Å². The first-order valence-electron chi connectivity index (χ1n) is 6.39. The standard InChI is InChI=1S/C15H18N2O3/c1-10(18)9-17(2)15(19)14-6-4-11-8-12(20-3)5-7-13(11)16-14/h4-8,10,18H,9H2,1-3H3. The largest absolute Gasteiger partial charge is 0.497 e. The Bertz CT molecular complexity index is 626. The van der Waals surface area contributed by atoms with Crippen LogP contribution in [0, 0.1) is 0 Å². The third-order valence-corrected chi connectivity index (χ3v) is 3.00. The van der Waals surface area contributed by atoms with E-state index in [1.807, 2.05) is 24.3 Å². The number of methoxy groups -OCH3 is 1. The molecule has 0 spiro atoms. The summed E-state index contributed by atoms with van der Waals surface area (Å²) in [5.41, 5.74) is 1.10. The number of aromatic nitrogens is 1. The molecule has 0 fully saturated rings. The number of pyridine rings is 1. The smallest absolute Gasteiger partial charge is 0.272 e. The quantitative estimate of drug-likeness (QED) is 0.921. The lowest BCUT2D eigenvalue weighted by atomic mass is 10.2. The molecule has 0 aliphatic rings. The third-order valence-electron chi connectivity index (χ3n) is 3.00. The maximum Gasteiger partial charge on any atom is 0.272 e. The molecule has 1 aromatic carbocycles. The number of carbonyl (C=O) groups is 1. The summed E-state index contributed by atoms with van der Waals surface area (Å²) in [4.78, 5) is 18.0. The average Bonchev–Trinajstić information content (AvgIpc) is 2.44. The van der Waals surface area contributed by atoms with Crippen LogP contribution in [0.1, 0.15) is 17.4 Å². The Morgan fingerprint density at radius 3 is 2.80 bits per heavy atom. The highest BCUT2D eigenvalue weighted by atomic mass is 16.5. The van der Waals surface area contributed by atoms with E-state index in [4.69, 9.17) is 4.74 Å². The van der Waals surface area contributed by atoms with Gasteiger partial charge in [0.25, 0.3) is 5.91 Å². The van der Waals surface area contributed by atoms with E-state index in [1.54, 1.807) is 27.1 Å². The molecule has 0 saturated carbocycles. The molecular formula is C15H18N2O3. The summed E-state index contributed by atoms with van der Waals surface area (Å²) in [6, 6.07) is 9.02. The van der Waals surface area contributed by atoms with E-state index in [9.17, 15) is 9.90 Å². The van der Waals surface area contributed by atoms with E-state index in [0.717, 1.165) is 16.7 Å². The van der Waals surface area contributed by atoms with Crippen molar-refractivity contribution in [1.29, 1.82) is 0 Å². The van der Waals surface area contributed by atoms with Gasteiger partial charge in [-0.3, -0.25) is 4.79 Å². The number of hydrogen-bond acceptors (Lipinski definition) is 4. The normalized spacial score (nSPS) is 12.2. The minimum atomic E-state index is -0.561. The van der Waals surface area contributed by atoms with Crippen LogP contribution in [0.5, 0.6) is 5.75 Å². The van der Waals surface area contributed by atoms with Crippen LogP contribution in [-0.2, 0) is 0 Å². The molecule has 5 heteroatoms. The molecule has 5 nitrogen and oxygen atoms in total. The SMILES string of the molecule is COc1ccc2nc(C(=O)N(C)CC(C)O)ccc2c1. The number of aliphatic hydroxyl groups excluding tert-OH is 1. The molecule has 0 aliphatic carbocycles. The van der Waals surface area contributed by atoms with Crippen LogP contribution in [0.4, 0.5) is 0 Å². The Labute approximate surface area is 117 Å². The highest BCUT2D eigenvalue weighted by Crippen LogP contribution is 2.19. The molecule has 106 valence electrons. The first-order valence-corrected chi connectivity index (χ1v) is 6.39. The second-order valence-electron chi connectivity index (χ2n) is 4.79. The molecule has 1 heterocycles. The van der Waals surface area contributed by atoms with Gasteiger partial charge in [-0.2, -0.15) is 0 Å². The van der Waals surface area contributed by atoms with E-state index >= 15 is 0 Å². The predicted octanol–water partition coefficient (Wildman–Crippen LogP) is 1.70. The van der Waals surface area contributed by atoms with Gasteiger partial charge in [0.1, 0.15) is 11.4 Å². The summed E-state index contributed by atoms with van der Waals surface area (Å²) < 4.78 is 5.15. The minimum Gasteiger partial charge on any atom is -0.497 e. The molecule has 0 bridgehead atoms. The molecule has 20 heavy (non-hydrogen) atoms. The van der Waals surface area contributed by atoms with Gasteiger partial charge < -0.3 is 14.7 Å². The summed E-state index contributed by atoms with van der Waals surface area (Å²) in [6.07, 6.45) is -0.561. The van der Waals surface area contributed by atoms with Gasteiger partial charge in [-0.15, -0.1) is 0 Å². The zero-order chi connectivity index (χ0) is 14.7. The van der Waals surface area contributed by atoms with Crippen molar-refractivity contribution in [2.45, 2.75) is 13.0 Å². The zero-order valence-electron chi connectivity index (χ0n) is 11.8. The fourth-order valence-electron chi connectivity index (χ4n) is 2.02. The minimum absolute atomic E-state index is 0.205. The number of aliphatic hydroxyl groups is 1. The first-order chi connectivity index (χ1) is 9.51. The summed E-state index contributed by atoms with van der Waals surface area (Å²) in [7, 11) is 3.26. The second kappa shape index (κ2) is 5.88. The summed E-state index contributed by atoms with van der Waals surface area (Å²) in [6.45, 7) is 1.92. The van der Waals surface area contributed by atoms with Crippen molar-refractivity contribution in [2.75, 3.05) is 20.7 Å². The highest BCUT2D eigenvalue weighted by molar-refractivity contribution is 5.94. The van der Waals surface area contributed by atoms with Crippen molar-refractivity contribution >= 4 is 16.8 Å². The zero-order valence-corrected chi connectivity index (χ0v) is 11.8. The molecule has 2 aromatic rings. The van der Waals surface area contributed by atoms with Gasteiger partial charge in [0.05, 0.1) is 18.7 Å². The Hall–Kier alpha value is -2.14. The summed E-state index contributed by atoms with van der Waals surface area (Å²) in [5, 5.41) is 10.2. The van der Waals surface area contributed by atoms with Gasteiger partial charge in [-0.1, -0.05) is 6.07 Å². The summed E-state index contributed by atoms with van der Waals surface area (Å²) >= 11 is 0. The van der Waals surface area contributed by atoms with Crippen molar-refractivity contribution in [2.24, 2.45) is 0 Å². The lowest BCUT2D eigenvalue weighted by molar-refractivity contribution is 0.0698. The molecule has 0 saturated heterocycles. The molecule has 1 unspecified atom stereocenters. The topological polar surface area (TPSA) is 62.7 Å². The predicted molar refractivity (Wildman–Crippen MR) is 76.9 cm³/mol. The number of amides is 1. The van der Waals surface area contributed by atoms with Crippen LogP contribution >= 0.6 is 0 Å². The lowest BCUT2D eigenvalue weighted by Gasteiger charge is -2.18. The molecule has 0 aliphatic heterocycles. The Balaban J connectivity index is 2.29. The van der Waals surface area contributed by atoms with E-state index in [-0.39, 0.29) is 12.5 Å². The molecule has 0 radical (unpaired) electrons. The van der Waals surface area contributed by atoms with E-state index in [0.29, 0.717) is 5.69 Å². The van der Waals surface area contributed by atoms with Crippen LogP contribution in [0.3, 0.4) is 0 Å². The lowest BCUT2D eigenvalue weighted by Crippen LogP contribution is -2.33. The number of ether oxygens (including phenoxy) is 1. The number of likely N-dealkylation sites (N-methyl/N-ethyl adjacent to an activating group) is 1. The highest BCUT2D eigenvalue weighted by Gasteiger charge is 2.15. The maximum atomic E-state index is 12.2. The molecule has 1 aromatic heterocycles. The van der Waals surface area contributed by atoms with Crippen molar-refractivity contribution in [3.63, 3.8) is 0 Å². The Morgan fingerprint density at radius 2 is 2.15 bits per heavy atom. The fourth-order valence-corrected chi connectivity index (χ4v) is 2.02. The van der Waals surface area contributed by atoms with Crippen LogP contribution in [0.25, 0.3) is 10.9 Å². The maximum absolute atomic E-state index is 12.2. The molecule has 1 N–H and O–H groups in total.